The van der Waals surface area contributed by atoms with Crippen LogP contribution in [0.2, 0.25) is 0 Å². The number of imidazole rings is 1. The highest BCUT2D eigenvalue weighted by atomic mass is 16.3. The first-order valence-electron chi connectivity index (χ1n) is 18.3. The molecule has 0 spiro atoms. The maximum atomic E-state index is 11.2. The summed E-state index contributed by atoms with van der Waals surface area (Å²) in [5.41, 5.74) is 14.4. The summed E-state index contributed by atoms with van der Waals surface area (Å²) in [7, 11) is 0. The number of hydrogen-bond donors (Lipinski definition) is 1. The molecule has 0 aliphatic heterocycles. The molecular formula is C50H37N3O. The molecule has 258 valence electrons. The van der Waals surface area contributed by atoms with Gasteiger partial charge in [-0.2, -0.15) is 0 Å². The van der Waals surface area contributed by atoms with Crippen LogP contribution in [0.5, 0.6) is 5.75 Å². The van der Waals surface area contributed by atoms with Gasteiger partial charge in [-0.05, 0) is 99.6 Å². The van der Waals surface area contributed by atoms with Crippen LogP contribution in [0.1, 0.15) is 24.0 Å². The van der Waals surface area contributed by atoms with E-state index in [1.165, 1.54) is 11.1 Å². The second-order valence-electron chi connectivity index (χ2n) is 13.6. The number of phenols is 1. The first kappa shape index (κ1) is 32.8. The number of benzene rings is 7. The average molecular weight is 696 g/mol. The molecule has 2 heterocycles. The lowest BCUT2D eigenvalue weighted by molar-refractivity contribution is 0.477. The third kappa shape index (κ3) is 6.24. The van der Waals surface area contributed by atoms with Gasteiger partial charge in [-0.25, -0.2) is 4.98 Å². The van der Waals surface area contributed by atoms with Crippen LogP contribution in [0.3, 0.4) is 0 Å². The smallest absolute Gasteiger partial charge is 0.149 e. The fourth-order valence-electron chi connectivity index (χ4n) is 7.41. The van der Waals surface area contributed by atoms with Crippen LogP contribution in [0, 0.1) is 0 Å². The van der Waals surface area contributed by atoms with Crippen LogP contribution >= 0.6 is 0 Å². The van der Waals surface area contributed by atoms with Gasteiger partial charge in [0.1, 0.15) is 11.6 Å². The van der Waals surface area contributed by atoms with Crippen molar-refractivity contribution in [3.63, 3.8) is 0 Å². The van der Waals surface area contributed by atoms with Gasteiger partial charge in [-0.3, -0.25) is 9.55 Å². The van der Waals surface area contributed by atoms with Crippen LogP contribution in [0.25, 0.3) is 72.7 Å². The Bertz CT molecular complexity index is 2720. The molecule has 1 atom stereocenters. The van der Waals surface area contributed by atoms with Crippen LogP contribution < -0.4 is 0 Å². The number of hydrogen-bond acceptors (Lipinski definition) is 3. The lowest BCUT2D eigenvalue weighted by Crippen LogP contribution is -2.00. The molecule has 0 amide bonds. The van der Waals surface area contributed by atoms with Crippen LogP contribution in [-0.4, -0.2) is 19.6 Å². The Morgan fingerprint density at radius 2 is 1.07 bits per heavy atom. The van der Waals surface area contributed by atoms with E-state index in [1.807, 2.05) is 36.5 Å². The highest BCUT2D eigenvalue weighted by Crippen LogP contribution is 2.40. The molecule has 54 heavy (non-hydrogen) atoms. The highest BCUT2D eigenvalue weighted by molar-refractivity contribution is 5.97. The van der Waals surface area contributed by atoms with E-state index in [0.29, 0.717) is 11.4 Å². The van der Waals surface area contributed by atoms with Crippen molar-refractivity contribution < 1.29 is 5.11 Å². The van der Waals surface area contributed by atoms with E-state index in [1.54, 1.807) is 6.07 Å². The van der Waals surface area contributed by atoms with Crippen LogP contribution in [-0.2, 0) is 0 Å². The van der Waals surface area contributed by atoms with Crippen molar-refractivity contribution in [2.45, 2.75) is 12.8 Å². The molecule has 0 aliphatic carbocycles. The maximum Gasteiger partial charge on any atom is 0.149 e. The van der Waals surface area contributed by atoms with Gasteiger partial charge in [0.05, 0.1) is 22.3 Å². The first-order valence-corrected chi connectivity index (χ1v) is 18.3. The van der Waals surface area contributed by atoms with E-state index in [2.05, 4.69) is 163 Å². The third-order valence-electron chi connectivity index (χ3n) is 10.3. The molecule has 0 saturated carbocycles. The normalized spacial score (nSPS) is 11.8. The summed E-state index contributed by atoms with van der Waals surface area (Å²) in [4.78, 5) is 10.2. The Morgan fingerprint density at radius 1 is 0.481 bits per heavy atom. The van der Waals surface area contributed by atoms with Crippen LogP contribution in [0.15, 0.2) is 194 Å². The number of nitrogens with zero attached hydrogens (tertiary/aromatic N) is 3. The van der Waals surface area contributed by atoms with Crippen molar-refractivity contribution in [1.29, 1.82) is 0 Å². The quantitative estimate of drug-likeness (QED) is 0.172. The van der Waals surface area contributed by atoms with E-state index in [4.69, 9.17) is 9.97 Å². The first-order chi connectivity index (χ1) is 26.6. The van der Waals surface area contributed by atoms with Gasteiger partial charge in [0.2, 0.25) is 0 Å². The Morgan fingerprint density at radius 3 is 1.80 bits per heavy atom. The van der Waals surface area contributed by atoms with Gasteiger partial charge < -0.3 is 5.11 Å². The molecule has 0 fully saturated rings. The lowest BCUT2D eigenvalue weighted by atomic mass is 9.93. The Hall–Kier alpha value is -7.04. The predicted octanol–water partition coefficient (Wildman–Crippen LogP) is 12.6. The molecule has 9 aromatic rings. The summed E-state index contributed by atoms with van der Waals surface area (Å²) < 4.78 is 2.16. The van der Waals surface area contributed by atoms with E-state index >= 15 is 0 Å². The minimum atomic E-state index is 0.183. The van der Waals surface area contributed by atoms with Gasteiger partial charge in [0.25, 0.3) is 0 Å². The summed E-state index contributed by atoms with van der Waals surface area (Å²) >= 11 is 0. The van der Waals surface area contributed by atoms with Crippen molar-refractivity contribution >= 4 is 11.0 Å². The number of fused-ring (bicyclic) bond motifs is 1. The van der Waals surface area contributed by atoms with Gasteiger partial charge in [0, 0.05) is 28.9 Å². The molecule has 0 aliphatic rings. The molecule has 1 unspecified atom stereocenters. The number of aromatic hydroxyl groups is 1. The summed E-state index contributed by atoms with van der Waals surface area (Å²) in [6, 6.07) is 64.9. The van der Waals surface area contributed by atoms with Gasteiger partial charge in [-0.15, -0.1) is 0 Å². The topological polar surface area (TPSA) is 50.9 Å². The summed E-state index contributed by atoms with van der Waals surface area (Å²) in [6.45, 7) is 2.24. The zero-order valence-electron chi connectivity index (χ0n) is 29.8. The minimum Gasteiger partial charge on any atom is -0.507 e. The molecule has 0 radical (unpaired) electrons. The molecule has 0 bridgehead atoms. The molecule has 9 rings (SSSR count). The number of aromatic nitrogens is 3. The Kier molecular flexibility index (Phi) is 8.62. The van der Waals surface area contributed by atoms with Crippen LogP contribution in [0.4, 0.5) is 0 Å². The molecule has 4 nitrogen and oxygen atoms in total. The monoisotopic (exact) mass is 695 g/mol. The zero-order chi connectivity index (χ0) is 36.4. The third-order valence-corrected chi connectivity index (χ3v) is 10.3. The van der Waals surface area contributed by atoms with E-state index < -0.39 is 0 Å². The molecule has 1 N–H and O–H groups in total. The summed E-state index contributed by atoms with van der Waals surface area (Å²) in [6.07, 6.45) is 1.89. The second-order valence-corrected chi connectivity index (χ2v) is 13.6. The Balaban J connectivity index is 1.23. The lowest BCUT2D eigenvalue weighted by Gasteiger charge is -2.15. The molecule has 4 heteroatoms. The van der Waals surface area contributed by atoms with E-state index in [-0.39, 0.29) is 11.7 Å². The van der Waals surface area contributed by atoms with Crippen molar-refractivity contribution in [3.05, 3.63) is 205 Å². The number of phenolic OH excluding ortho intramolecular Hbond substituents is 1. The molecule has 0 saturated heterocycles. The number of rotatable bonds is 8. The number of para-hydroxylation sites is 2. The predicted molar refractivity (Wildman–Crippen MR) is 222 cm³/mol. The summed E-state index contributed by atoms with van der Waals surface area (Å²) in [5.74, 6) is 1.11. The second kappa shape index (κ2) is 14.2. The largest absolute Gasteiger partial charge is 0.507 e. The maximum absolute atomic E-state index is 11.2. The van der Waals surface area contributed by atoms with Gasteiger partial charge in [0.15, 0.2) is 0 Å². The van der Waals surface area contributed by atoms with E-state index in [0.717, 1.165) is 61.4 Å². The zero-order valence-corrected chi connectivity index (χ0v) is 29.8. The SMILES string of the molecule is CC(c1ccccc1)c1ccc(-n2c(-c3ccccc3O)nc3c(-c4cc(-c5ccccc5)cc(-c5cc(-c6ccccc6)ccn5)c4)cccc32)cc1. The van der Waals surface area contributed by atoms with Crippen molar-refractivity contribution in [1.82, 2.24) is 14.5 Å². The van der Waals surface area contributed by atoms with Gasteiger partial charge >= 0.3 is 0 Å². The highest BCUT2D eigenvalue weighted by Gasteiger charge is 2.21. The fourth-order valence-corrected chi connectivity index (χ4v) is 7.41. The average Bonchev–Trinajstić information content (AvgIpc) is 3.64. The van der Waals surface area contributed by atoms with E-state index in [9.17, 15) is 5.11 Å². The number of pyridine rings is 1. The van der Waals surface area contributed by atoms with Gasteiger partial charge in [-0.1, -0.05) is 134 Å². The fraction of sp³-hybridized carbons (Fsp3) is 0.0400. The van der Waals surface area contributed by atoms with Crippen molar-refractivity contribution in [2.75, 3.05) is 0 Å². The molecule has 2 aromatic heterocycles. The molecule has 7 aromatic carbocycles. The molecular weight excluding hydrogens is 659 g/mol. The standard InChI is InChI=1S/C50H37N3O/c1-34(35-14-5-2-6-15-35)36-24-26-43(27-25-36)53-47-22-13-21-44(49(47)52-50(53)45-20-11-12-23-48(45)54)41-30-40(38-18-9-4-10-19-38)31-42(32-41)46-33-39(28-29-51-46)37-16-7-3-8-17-37/h2-34,54H,1H3. The van der Waals surface area contributed by atoms with Crippen molar-refractivity contribution in [3.8, 4) is 67.5 Å². The van der Waals surface area contributed by atoms with Crippen molar-refractivity contribution in [2.24, 2.45) is 0 Å². The minimum absolute atomic E-state index is 0.183. The Labute approximate surface area is 315 Å². The summed E-state index contributed by atoms with van der Waals surface area (Å²) in [5, 5.41) is 11.2.